The van der Waals surface area contributed by atoms with Crippen LogP contribution in [0.25, 0.3) is 11.0 Å². The summed E-state index contributed by atoms with van der Waals surface area (Å²) in [7, 11) is 0. The van der Waals surface area contributed by atoms with E-state index in [1.54, 1.807) is 4.68 Å². The highest BCUT2D eigenvalue weighted by Gasteiger charge is 2.15. The summed E-state index contributed by atoms with van der Waals surface area (Å²) < 4.78 is 15.0. The molecule has 2 aromatic rings. The molecule has 0 aliphatic heterocycles. The maximum atomic E-state index is 13.4. The highest BCUT2D eigenvalue weighted by atomic mass is 19.1. The van der Waals surface area contributed by atoms with Crippen molar-refractivity contribution in [1.82, 2.24) is 15.0 Å². The van der Waals surface area contributed by atoms with E-state index in [2.05, 4.69) is 10.3 Å². The standard InChI is InChI=1S/C11H12FN3O2/c1-6(2)5-15-10-3-7(11(16)17)8(12)4-9(10)13-14-15/h3-4,6H,5H2,1-2H3,(H,16,17). The minimum atomic E-state index is -1.29. The monoisotopic (exact) mass is 237 g/mol. The van der Waals surface area contributed by atoms with Gasteiger partial charge in [-0.1, -0.05) is 19.1 Å². The second-order valence-corrected chi connectivity index (χ2v) is 4.29. The van der Waals surface area contributed by atoms with Crippen molar-refractivity contribution in [1.29, 1.82) is 0 Å². The minimum Gasteiger partial charge on any atom is -0.478 e. The number of aromatic carboxylic acids is 1. The van der Waals surface area contributed by atoms with E-state index < -0.39 is 11.8 Å². The Hall–Kier alpha value is -1.98. The topological polar surface area (TPSA) is 68.0 Å². The number of halogens is 1. The van der Waals surface area contributed by atoms with Gasteiger partial charge in [0.25, 0.3) is 0 Å². The number of rotatable bonds is 3. The maximum absolute atomic E-state index is 13.4. The average molecular weight is 237 g/mol. The van der Waals surface area contributed by atoms with Crippen molar-refractivity contribution in [2.24, 2.45) is 5.92 Å². The predicted octanol–water partition coefficient (Wildman–Crippen LogP) is 1.92. The molecule has 0 amide bonds. The van der Waals surface area contributed by atoms with E-state index in [0.29, 0.717) is 23.5 Å². The number of fused-ring (bicyclic) bond motifs is 1. The fourth-order valence-corrected chi connectivity index (χ4v) is 1.63. The third kappa shape index (κ3) is 2.11. The fourth-order valence-electron chi connectivity index (χ4n) is 1.63. The zero-order valence-electron chi connectivity index (χ0n) is 9.51. The molecule has 0 atom stereocenters. The summed E-state index contributed by atoms with van der Waals surface area (Å²) in [6, 6.07) is 2.37. The van der Waals surface area contributed by atoms with Gasteiger partial charge in [-0.15, -0.1) is 5.10 Å². The van der Waals surface area contributed by atoms with Crippen LogP contribution in [0.4, 0.5) is 4.39 Å². The van der Waals surface area contributed by atoms with Gasteiger partial charge >= 0.3 is 5.97 Å². The Labute approximate surface area is 96.9 Å². The highest BCUT2D eigenvalue weighted by molar-refractivity contribution is 5.92. The molecular weight excluding hydrogens is 225 g/mol. The molecule has 0 radical (unpaired) electrons. The van der Waals surface area contributed by atoms with Crippen LogP contribution in [0.5, 0.6) is 0 Å². The lowest BCUT2D eigenvalue weighted by atomic mass is 10.1. The lowest BCUT2D eigenvalue weighted by molar-refractivity contribution is 0.0692. The molecule has 1 aromatic heterocycles. The van der Waals surface area contributed by atoms with E-state index in [0.717, 1.165) is 6.07 Å². The Kier molecular flexibility index (Phi) is 2.79. The summed E-state index contributed by atoms with van der Waals surface area (Å²) in [6.45, 7) is 4.63. The van der Waals surface area contributed by atoms with Gasteiger partial charge in [0.1, 0.15) is 11.3 Å². The van der Waals surface area contributed by atoms with Crippen molar-refractivity contribution in [3.8, 4) is 0 Å². The molecule has 1 heterocycles. The number of hydrogen-bond acceptors (Lipinski definition) is 3. The molecule has 0 fully saturated rings. The van der Waals surface area contributed by atoms with E-state index in [-0.39, 0.29) is 5.56 Å². The Morgan fingerprint density at radius 1 is 1.53 bits per heavy atom. The van der Waals surface area contributed by atoms with Crippen molar-refractivity contribution in [3.05, 3.63) is 23.5 Å². The van der Waals surface area contributed by atoms with Crippen LogP contribution in [-0.4, -0.2) is 26.1 Å². The Bertz CT molecular complexity index is 577. The molecular formula is C11H12FN3O2. The highest BCUT2D eigenvalue weighted by Crippen LogP contribution is 2.18. The molecule has 1 N–H and O–H groups in total. The van der Waals surface area contributed by atoms with Crippen LogP contribution in [0.3, 0.4) is 0 Å². The normalized spacial score (nSPS) is 11.3. The van der Waals surface area contributed by atoms with E-state index in [9.17, 15) is 9.18 Å². The molecule has 2 rings (SSSR count). The van der Waals surface area contributed by atoms with Gasteiger partial charge in [0, 0.05) is 12.6 Å². The minimum absolute atomic E-state index is 0.346. The third-order valence-electron chi connectivity index (χ3n) is 2.37. The molecule has 0 spiro atoms. The molecule has 6 heteroatoms. The van der Waals surface area contributed by atoms with Crippen LogP contribution in [-0.2, 0) is 6.54 Å². The number of aromatic nitrogens is 3. The lowest BCUT2D eigenvalue weighted by Gasteiger charge is -2.05. The van der Waals surface area contributed by atoms with Crippen molar-refractivity contribution in [2.45, 2.75) is 20.4 Å². The summed E-state index contributed by atoms with van der Waals surface area (Å²) in [5.41, 5.74) is 0.551. The molecule has 0 bridgehead atoms. The summed E-state index contributed by atoms with van der Waals surface area (Å²) in [6.07, 6.45) is 0. The van der Waals surface area contributed by atoms with Gasteiger partial charge in [0.05, 0.1) is 11.1 Å². The zero-order chi connectivity index (χ0) is 12.6. The zero-order valence-corrected chi connectivity index (χ0v) is 9.51. The first-order chi connectivity index (χ1) is 7.99. The molecule has 0 unspecified atom stereocenters. The summed E-state index contributed by atoms with van der Waals surface area (Å²) in [4.78, 5) is 10.8. The van der Waals surface area contributed by atoms with Crippen LogP contribution in [0.15, 0.2) is 12.1 Å². The summed E-state index contributed by atoms with van der Waals surface area (Å²) in [5, 5.41) is 16.5. The first-order valence-corrected chi connectivity index (χ1v) is 5.25. The SMILES string of the molecule is CC(C)Cn1nnc2cc(F)c(C(=O)O)cc21. The van der Waals surface area contributed by atoms with Crippen molar-refractivity contribution in [3.63, 3.8) is 0 Å². The van der Waals surface area contributed by atoms with Crippen LogP contribution >= 0.6 is 0 Å². The Morgan fingerprint density at radius 2 is 2.24 bits per heavy atom. The van der Waals surface area contributed by atoms with Gasteiger partial charge in [0.2, 0.25) is 0 Å². The second kappa shape index (κ2) is 4.12. The number of carboxylic acid groups (broad SMARTS) is 1. The number of nitrogens with zero attached hydrogens (tertiary/aromatic N) is 3. The van der Waals surface area contributed by atoms with Crippen molar-refractivity contribution >= 4 is 17.0 Å². The second-order valence-electron chi connectivity index (χ2n) is 4.29. The van der Waals surface area contributed by atoms with Gasteiger partial charge < -0.3 is 5.11 Å². The Balaban J connectivity index is 2.59. The predicted molar refractivity (Wildman–Crippen MR) is 59.3 cm³/mol. The molecule has 5 nitrogen and oxygen atoms in total. The van der Waals surface area contributed by atoms with Crippen molar-refractivity contribution < 1.29 is 14.3 Å². The number of carboxylic acids is 1. The molecule has 0 aliphatic carbocycles. The number of carbonyl (C=O) groups is 1. The quantitative estimate of drug-likeness (QED) is 0.885. The van der Waals surface area contributed by atoms with Crippen LogP contribution in [0.1, 0.15) is 24.2 Å². The number of benzene rings is 1. The van der Waals surface area contributed by atoms with Gasteiger partial charge in [-0.25, -0.2) is 13.9 Å². The summed E-state index contributed by atoms with van der Waals surface area (Å²) >= 11 is 0. The molecule has 17 heavy (non-hydrogen) atoms. The largest absolute Gasteiger partial charge is 0.478 e. The third-order valence-corrected chi connectivity index (χ3v) is 2.37. The van der Waals surface area contributed by atoms with E-state index in [1.165, 1.54) is 6.07 Å². The van der Waals surface area contributed by atoms with Gasteiger partial charge in [-0.3, -0.25) is 0 Å². The van der Waals surface area contributed by atoms with Gasteiger partial charge in [-0.05, 0) is 12.0 Å². The smallest absolute Gasteiger partial charge is 0.338 e. The van der Waals surface area contributed by atoms with Gasteiger partial charge in [-0.2, -0.15) is 0 Å². The van der Waals surface area contributed by atoms with Crippen LogP contribution in [0, 0.1) is 11.7 Å². The molecule has 0 aliphatic rings. The molecule has 90 valence electrons. The van der Waals surface area contributed by atoms with E-state index >= 15 is 0 Å². The van der Waals surface area contributed by atoms with Gasteiger partial charge in [0.15, 0.2) is 0 Å². The van der Waals surface area contributed by atoms with Crippen LogP contribution in [0.2, 0.25) is 0 Å². The Morgan fingerprint density at radius 3 is 2.82 bits per heavy atom. The lowest BCUT2D eigenvalue weighted by Crippen LogP contribution is -2.07. The van der Waals surface area contributed by atoms with E-state index in [1.807, 2.05) is 13.8 Å². The molecule has 0 saturated carbocycles. The van der Waals surface area contributed by atoms with Crippen LogP contribution < -0.4 is 0 Å². The van der Waals surface area contributed by atoms with Crippen molar-refractivity contribution in [2.75, 3.05) is 0 Å². The molecule has 1 aromatic carbocycles. The molecule has 0 saturated heterocycles. The fraction of sp³-hybridized carbons (Fsp3) is 0.364. The maximum Gasteiger partial charge on any atom is 0.338 e. The summed E-state index contributed by atoms with van der Waals surface area (Å²) in [5.74, 6) is -1.73. The average Bonchev–Trinajstić information content (AvgIpc) is 2.58. The number of hydrogen-bond donors (Lipinski definition) is 1. The van der Waals surface area contributed by atoms with E-state index in [4.69, 9.17) is 5.11 Å². The first kappa shape index (κ1) is 11.5. The first-order valence-electron chi connectivity index (χ1n) is 5.25.